The van der Waals surface area contributed by atoms with Crippen LogP contribution in [0.25, 0.3) is 53.6 Å². The van der Waals surface area contributed by atoms with Crippen molar-refractivity contribution in [3.8, 4) is 21.7 Å². The van der Waals surface area contributed by atoms with Gasteiger partial charge in [-0.25, -0.2) is 19.6 Å². The molecular weight excluding hydrogens is 769 g/mol. The summed E-state index contributed by atoms with van der Waals surface area (Å²) in [4.78, 5) is 71.2. The van der Waals surface area contributed by atoms with Gasteiger partial charge in [-0.1, -0.05) is 74.5 Å². The lowest BCUT2D eigenvalue weighted by Gasteiger charge is -2.27. The van der Waals surface area contributed by atoms with Gasteiger partial charge in [-0.05, 0) is 59.0 Å². The topological polar surface area (TPSA) is 175 Å². The van der Waals surface area contributed by atoms with Gasteiger partial charge in [0.15, 0.2) is 0 Å². The molecule has 0 radical (unpaired) electrons. The van der Waals surface area contributed by atoms with Crippen molar-refractivity contribution in [2.75, 3.05) is 33.9 Å². The molecule has 0 aliphatic carbocycles. The molecule has 3 heterocycles. The monoisotopic (exact) mass is 814 g/mol. The Bertz CT molecular complexity index is 2620. The predicted octanol–water partition coefficient (Wildman–Crippen LogP) is 7.92. The van der Waals surface area contributed by atoms with E-state index in [0.29, 0.717) is 30.3 Å². The Morgan fingerprint density at radius 1 is 0.780 bits per heavy atom. The molecular formula is C44H46N8O6S. The number of hydrogen-bond donors (Lipinski definition) is 4. The van der Waals surface area contributed by atoms with Gasteiger partial charge in [-0.2, -0.15) is 0 Å². The molecule has 7 aromatic rings. The van der Waals surface area contributed by atoms with Gasteiger partial charge in [0.05, 0.1) is 50.2 Å². The number of alkyl carbamates (subject to hydrolysis) is 2. The zero-order valence-corrected chi connectivity index (χ0v) is 34.2. The van der Waals surface area contributed by atoms with Gasteiger partial charge in [-0.3, -0.25) is 9.59 Å². The third-order valence-electron chi connectivity index (χ3n) is 10.00. The van der Waals surface area contributed by atoms with Crippen LogP contribution in [0, 0.1) is 0 Å². The number of fused-ring (bicyclic) bond motifs is 4. The Hall–Kier alpha value is -6.74. The number of amides is 4. The fraction of sp³-hybridized carbons (Fsp3) is 0.273. The normalized spacial score (nSPS) is 11.7. The van der Waals surface area contributed by atoms with Crippen LogP contribution in [-0.2, 0) is 32.2 Å². The molecule has 0 bridgehead atoms. The lowest BCUT2D eigenvalue weighted by atomic mass is 10.0. The van der Waals surface area contributed by atoms with Gasteiger partial charge < -0.3 is 39.9 Å². The van der Waals surface area contributed by atoms with E-state index < -0.39 is 18.2 Å². The summed E-state index contributed by atoms with van der Waals surface area (Å²) < 4.78 is 10.5. The first-order chi connectivity index (χ1) is 28.7. The summed E-state index contributed by atoms with van der Waals surface area (Å²) in [5.41, 5.74) is 5.28. The SMILES string of the molecule is CCCN(Cc1nc2ccc3cc(-c4cc5ccc(-c6cnc(CN(CCC)C(=O)[C@H](NC(=O)OC)c7ccccc7)[nH]6)cc5s4)ccc3c2[nH]1)C(=O)CNC(=O)OC. The molecule has 304 valence electrons. The van der Waals surface area contributed by atoms with Gasteiger partial charge in [0.1, 0.15) is 24.2 Å². The number of carbonyl (C=O) groups excluding carboxylic acids is 4. The summed E-state index contributed by atoms with van der Waals surface area (Å²) in [5, 5.41) is 8.37. The lowest BCUT2D eigenvalue weighted by Crippen LogP contribution is -2.43. The highest BCUT2D eigenvalue weighted by Crippen LogP contribution is 2.37. The van der Waals surface area contributed by atoms with Crippen molar-refractivity contribution in [3.63, 3.8) is 0 Å². The van der Waals surface area contributed by atoms with E-state index in [4.69, 9.17) is 9.72 Å². The highest BCUT2D eigenvalue weighted by atomic mass is 32.1. The van der Waals surface area contributed by atoms with Crippen molar-refractivity contribution in [1.82, 2.24) is 40.4 Å². The molecule has 7 rings (SSSR count). The minimum atomic E-state index is -0.905. The first-order valence-corrected chi connectivity index (χ1v) is 20.3. The number of aromatic nitrogens is 4. The summed E-state index contributed by atoms with van der Waals surface area (Å²) in [6.45, 7) is 5.37. The molecule has 4 aromatic carbocycles. The second-order valence-electron chi connectivity index (χ2n) is 14.1. The molecule has 0 saturated carbocycles. The second-order valence-corrected chi connectivity index (χ2v) is 15.2. The van der Waals surface area contributed by atoms with Crippen LogP contribution in [0.15, 0.2) is 91.1 Å². The average Bonchev–Trinajstić information content (AvgIpc) is 4.02. The number of nitrogens with one attached hydrogen (secondary N) is 4. The summed E-state index contributed by atoms with van der Waals surface area (Å²) in [7, 11) is 2.53. The molecule has 0 unspecified atom stereocenters. The standard InChI is InChI=1S/C44H46N8O6S/c1-5-18-51(39(53)24-46-43(55)57-3)26-38-47-33-17-15-28-20-30(14-16-32(28)41(33)49-38)36-22-31-13-12-29(21-35(31)59-36)34-23-45-37(48-34)25-52(19-6-2)42(54)40(50-44(56)58-4)27-10-8-7-9-11-27/h7-17,20-23,40H,5-6,18-19,24-26H2,1-4H3,(H,45,48)(H,46,55)(H,47,49)(H,50,56)/t40-/m1/s1. The molecule has 0 fully saturated rings. The maximum atomic E-state index is 13.9. The van der Waals surface area contributed by atoms with Gasteiger partial charge in [0, 0.05) is 33.6 Å². The lowest BCUT2D eigenvalue weighted by molar-refractivity contribution is -0.134. The highest BCUT2D eigenvalue weighted by Gasteiger charge is 2.28. The Morgan fingerprint density at radius 2 is 1.51 bits per heavy atom. The number of ether oxygens (including phenoxy) is 2. The molecule has 0 spiro atoms. The molecule has 0 aliphatic heterocycles. The molecule has 4 N–H and O–H groups in total. The van der Waals surface area contributed by atoms with Crippen molar-refractivity contribution in [3.05, 3.63) is 108 Å². The first-order valence-electron chi connectivity index (χ1n) is 19.4. The largest absolute Gasteiger partial charge is 0.453 e. The van der Waals surface area contributed by atoms with Crippen molar-refractivity contribution in [1.29, 1.82) is 0 Å². The predicted molar refractivity (Wildman–Crippen MR) is 229 cm³/mol. The Labute approximate surface area is 344 Å². The van der Waals surface area contributed by atoms with E-state index in [1.54, 1.807) is 39.5 Å². The van der Waals surface area contributed by atoms with E-state index in [0.717, 1.165) is 66.4 Å². The minimum absolute atomic E-state index is 0.154. The summed E-state index contributed by atoms with van der Waals surface area (Å²) in [5.74, 6) is 0.825. The van der Waals surface area contributed by atoms with E-state index in [1.165, 1.54) is 14.2 Å². The number of thiophene rings is 1. The van der Waals surface area contributed by atoms with Crippen molar-refractivity contribution in [2.24, 2.45) is 0 Å². The molecule has 14 nitrogen and oxygen atoms in total. The Morgan fingerprint density at radius 3 is 2.27 bits per heavy atom. The van der Waals surface area contributed by atoms with Gasteiger partial charge in [0.2, 0.25) is 11.8 Å². The molecule has 3 aromatic heterocycles. The summed E-state index contributed by atoms with van der Waals surface area (Å²) in [6.07, 6.45) is 1.94. The zero-order chi connectivity index (χ0) is 41.5. The van der Waals surface area contributed by atoms with E-state index in [2.05, 4.69) is 78.9 Å². The van der Waals surface area contributed by atoms with Crippen LogP contribution < -0.4 is 10.6 Å². The van der Waals surface area contributed by atoms with Gasteiger partial charge >= 0.3 is 12.2 Å². The van der Waals surface area contributed by atoms with Crippen LogP contribution >= 0.6 is 11.3 Å². The fourth-order valence-corrected chi connectivity index (χ4v) is 8.20. The number of benzene rings is 4. The smallest absolute Gasteiger partial charge is 0.407 e. The van der Waals surface area contributed by atoms with Crippen LogP contribution in [0.1, 0.15) is 49.9 Å². The highest BCUT2D eigenvalue weighted by molar-refractivity contribution is 7.22. The average molecular weight is 815 g/mol. The first kappa shape index (κ1) is 40.5. The molecule has 0 saturated heterocycles. The molecule has 15 heteroatoms. The van der Waals surface area contributed by atoms with Crippen LogP contribution in [0.2, 0.25) is 0 Å². The van der Waals surface area contributed by atoms with Crippen LogP contribution in [-0.4, -0.2) is 87.6 Å². The van der Waals surface area contributed by atoms with Crippen LogP contribution in [0.5, 0.6) is 0 Å². The Kier molecular flexibility index (Phi) is 12.5. The van der Waals surface area contributed by atoms with Gasteiger partial charge in [-0.15, -0.1) is 11.3 Å². The second kappa shape index (κ2) is 18.2. The number of hydrogen-bond acceptors (Lipinski definition) is 9. The van der Waals surface area contributed by atoms with E-state index in [9.17, 15) is 19.2 Å². The third kappa shape index (κ3) is 9.20. The number of methoxy groups -OCH3 is 2. The summed E-state index contributed by atoms with van der Waals surface area (Å²) in [6, 6.07) is 27.2. The van der Waals surface area contributed by atoms with Crippen LogP contribution in [0.4, 0.5) is 9.59 Å². The number of aromatic amines is 2. The van der Waals surface area contributed by atoms with E-state index in [-0.39, 0.29) is 31.4 Å². The molecule has 1 atom stereocenters. The number of nitrogens with zero attached hydrogens (tertiary/aromatic N) is 4. The molecule has 59 heavy (non-hydrogen) atoms. The van der Waals surface area contributed by atoms with E-state index in [1.807, 2.05) is 38.1 Å². The number of imidazole rings is 2. The Balaban J connectivity index is 1.08. The van der Waals surface area contributed by atoms with Crippen molar-refractivity contribution in [2.45, 2.75) is 45.8 Å². The number of rotatable bonds is 15. The van der Waals surface area contributed by atoms with Crippen LogP contribution in [0.3, 0.4) is 0 Å². The van der Waals surface area contributed by atoms with Crippen molar-refractivity contribution < 1.29 is 28.7 Å². The zero-order valence-electron chi connectivity index (χ0n) is 33.3. The molecule has 4 amide bonds. The quantitative estimate of drug-likeness (QED) is 0.0808. The maximum absolute atomic E-state index is 13.9. The summed E-state index contributed by atoms with van der Waals surface area (Å²) >= 11 is 1.71. The van der Waals surface area contributed by atoms with Crippen molar-refractivity contribution >= 4 is 67.2 Å². The maximum Gasteiger partial charge on any atom is 0.407 e. The number of carbonyl (C=O) groups is 4. The number of H-pyrrole nitrogens is 2. The molecule has 0 aliphatic rings. The third-order valence-corrected chi connectivity index (χ3v) is 11.1. The fourth-order valence-electron chi connectivity index (χ4n) is 7.10. The van der Waals surface area contributed by atoms with Gasteiger partial charge in [0.25, 0.3) is 0 Å². The minimum Gasteiger partial charge on any atom is -0.453 e. The van der Waals surface area contributed by atoms with E-state index >= 15 is 0 Å².